The highest BCUT2D eigenvalue weighted by Crippen LogP contribution is 2.34. The fourth-order valence-corrected chi connectivity index (χ4v) is 3.79. The van der Waals surface area contributed by atoms with Gasteiger partial charge in [-0.3, -0.25) is 9.89 Å². The number of carbonyl (C=O) groups is 1. The maximum absolute atomic E-state index is 12.4. The first-order valence-electron chi connectivity index (χ1n) is 9.89. The van der Waals surface area contributed by atoms with E-state index in [4.69, 9.17) is 0 Å². The number of hydrogen-bond acceptors (Lipinski definition) is 6. The first kappa shape index (κ1) is 19.2. The van der Waals surface area contributed by atoms with Crippen molar-refractivity contribution >= 4 is 16.9 Å². The summed E-state index contributed by atoms with van der Waals surface area (Å²) in [6.45, 7) is 0.484. The smallest absolute Gasteiger partial charge is 0.256 e. The van der Waals surface area contributed by atoms with Crippen molar-refractivity contribution in [2.24, 2.45) is 0 Å². The topological polar surface area (TPSA) is 123 Å². The van der Waals surface area contributed by atoms with Gasteiger partial charge in [0.1, 0.15) is 5.75 Å². The third kappa shape index (κ3) is 3.41. The zero-order valence-corrected chi connectivity index (χ0v) is 16.4. The Morgan fingerprint density at radius 3 is 2.68 bits per heavy atom. The Kier molecular flexibility index (Phi) is 4.65. The molecule has 3 heterocycles. The van der Waals surface area contributed by atoms with Crippen molar-refractivity contribution in [3.05, 3.63) is 66.4 Å². The van der Waals surface area contributed by atoms with E-state index in [1.54, 1.807) is 42.6 Å². The van der Waals surface area contributed by atoms with Gasteiger partial charge in [0.05, 0.1) is 11.8 Å². The van der Waals surface area contributed by atoms with Gasteiger partial charge in [0.15, 0.2) is 11.8 Å². The third-order valence-corrected chi connectivity index (χ3v) is 5.53. The van der Waals surface area contributed by atoms with Crippen LogP contribution in [0.5, 0.6) is 5.75 Å². The van der Waals surface area contributed by atoms with E-state index in [0.29, 0.717) is 22.5 Å². The number of H-pyrrole nitrogens is 1. The molecule has 1 atom stereocenters. The number of aromatic amines is 1. The average Bonchev–Trinajstić information content (AvgIpc) is 3.19. The van der Waals surface area contributed by atoms with Crippen molar-refractivity contribution in [2.75, 3.05) is 13.1 Å². The minimum Gasteiger partial charge on any atom is -0.507 e. The van der Waals surface area contributed by atoms with Crippen molar-refractivity contribution in [3.63, 3.8) is 0 Å². The quantitative estimate of drug-likeness (QED) is 0.405. The van der Waals surface area contributed by atoms with Crippen LogP contribution in [0.15, 0.2) is 60.8 Å². The summed E-state index contributed by atoms with van der Waals surface area (Å²) in [5.41, 5.74) is 3.83. The maximum Gasteiger partial charge on any atom is 0.256 e. The Morgan fingerprint density at radius 2 is 1.90 bits per heavy atom. The number of hydrogen-bond donors (Lipinski definition) is 4. The number of amides is 1. The van der Waals surface area contributed by atoms with Gasteiger partial charge >= 0.3 is 0 Å². The number of benzene rings is 2. The number of aliphatic hydroxyl groups excluding tert-OH is 2. The van der Waals surface area contributed by atoms with Crippen molar-refractivity contribution in [3.8, 4) is 28.1 Å². The molecule has 1 amide bonds. The van der Waals surface area contributed by atoms with Crippen LogP contribution in [0.1, 0.15) is 11.7 Å². The number of aromatic hydroxyl groups is 1. The van der Waals surface area contributed by atoms with E-state index in [0.717, 1.165) is 16.5 Å². The van der Waals surface area contributed by atoms with Crippen LogP contribution >= 0.6 is 0 Å². The minimum absolute atomic E-state index is 0.137. The first-order chi connectivity index (χ1) is 15.0. The lowest BCUT2D eigenvalue weighted by atomic mass is 9.99. The van der Waals surface area contributed by atoms with Crippen LogP contribution in [0.3, 0.4) is 0 Å². The second kappa shape index (κ2) is 7.50. The molecule has 0 saturated carbocycles. The molecule has 1 aliphatic heterocycles. The number of para-hydroxylation sites is 1. The van der Waals surface area contributed by atoms with Gasteiger partial charge in [-0.05, 0) is 35.4 Å². The molecular formula is C23H20N4O4. The number of β-amino-alcohol motifs (C(OH)–C–C–N with tert-alkyl or cyclic N) is 1. The number of aliphatic hydroxyl groups is 2. The highest BCUT2D eigenvalue weighted by Gasteiger charge is 2.33. The molecule has 0 radical (unpaired) electrons. The van der Waals surface area contributed by atoms with Gasteiger partial charge in [-0.15, -0.1) is 0 Å². The lowest BCUT2D eigenvalue weighted by Gasteiger charge is -2.37. The lowest BCUT2D eigenvalue weighted by molar-refractivity contribution is -0.150. The summed E-state index contributed by atoms with van der Waals surface area (Å²) in [5, 5.41) is 38.0. The Balaban J connectivity index is 1.50. The summed E-state index contributed by atoms with van der Waals surface area (Å²) < 4.78 is 0. The Bertz CT molecular complexity index is 1280. The summed E-state index contributed by atoms with van der Waals surface area (Å²) in [5.74, 6) is -0.286. The molecule has 5 rings (SSSR count). The molecule has 2 aromatic carbocycles. The van der Waals surface area contributed by atoms with Crippen LogP contribution in [-0.4, -0.2) is 60.5 Å². The molecule has 1 aliphatic rings. The van der Waals surface area contributed by atoms with E-state index in [2.05, 4.69) is 15.2 Å². The number of phenols is 1. The number of aromatic nitrogens is 3. The third-order valence-electron chi connectivity index (χ3n) is 5.53. The van der Waals surface area contributed by atoms with Crippen LogP contribution < -0.4 is 0 Å². The SMILES string of the molecule is O=C(C(O)c1cccc(-c2cnc3n[nH]c(-c4ccccc4O)c3c2)c1)N1CC(O)C1. The monoisotopic (exact) mass is 416 g/mol. The molecule has 0 bridgehead atoms. The van der Waals surface area contributed by atoms with E-state index < -0.39 is 18.1 Å². The summed E-state index contributed by atoms with van der Waals surface area (Å²) in [7, 11) is 0. The Hall–Kier alpha value is -3.75. The number of phenolic OH excluding ortho intramolecular Hbond substituents is 1. The van der Waals surface area contributed by atoms with Gasteiger partial charge in [0, 0.05) is 35.8 Å². The first-order valence-corrected chi connectivity index (χ1v) is 9.89. The molecule has 0 aliphatic carbocycles. The maximum atomic E-state index is 12.4. The summed E-state index contributed by atoms with van der Waals surface area (Å²) in [6, 6.07) is 16.0. The van der Waals surface area contributed by atoms with Gasteiger partial charge < -0.3 is 20.2 Å². The summed E-state index contributed by atoms with van der Waals surface area (Å²) >= 11 is 0. The molecule has 31 heavy (non-hydrogen) atoms. The predicted octanol–water partition coefficient (Wildman–Crippen LogP) is 2.23. The zero-order chi connectivity index (χ0) is 21.5. The van der Waals surface area contributed by atoms with Crippen LogP contribution in [0.2, 0.25) is 0 Å². The number of likely N-dealkylation sites (tertiary alicyclic amines) is 1. The molecule has 1 unspecified atom stereocenters. The number of rotatable bonds is 4. The standard InChI is InChI=1S/C23H20N4O4/c28-16-11-27(12-16)23(31)21(30)14-5-3-4-13(8-14)15-9-18-20(25-26-22(18)24-10-15)17-6-1-2-7-19(17)29/h1-10,16,21,28-30H,11-12H2,(H,24,25,26). The van der Waals surface area contributed by atoms with Crippen molar-refractivity contribution in [1.29, 1.82) is 0 Å². The predicted molar refractivity (Wildman–Crippen MR) is 114 cm³/mol. The normalized spacial score (nSPS) is 15.1. The Labute approximate surface area is 177 Å². The summed E-state index contributed by atoms with van der Waals surface area (Å²) in [4.78, 5) is 18.3. The molecule has 4 aromatic rings. The second-order valence-corrected chi connectivity index (χ2v) is 7.64. The van der Waals surface area contributed by atoms with Crippen molar-refractivity contribution < 1.29 is 20.1 Å². The van der Waals surface area contributed by atoms with Crippen molar-refractivity contribution in [2.45, 2.75) is 12.2 Å². The van der Waals surface area contributed by atoms with E-state index >= 15 is 0 Å². The van der Waals surface area contributed by atoms with Crippen LogP contribution in [0.25, 0.3) is 33.4 Å². The Morgan fingerprint density at radius 1 is 1.10 bits per heavy atom. The molecular weight excluding hydrogens is 396 g/mol. The second-order valence-electron chi connectivity index (χ2n) is 7.64. The van der Waals surface area contributed by atoms with Crippen molar-refractivity contribution in [1.82, 2.24) is 20.1 Å². The summed E-state index contributed by atoms with van der Waals surface area (Å²) in [6.07, 6.45) is -0.139. The number of carbonyl (C=O) groups excluding carboxylic acids is 1. The highest BCUT2D eigenvalue weighted by atomic mass is 16.3. The molecule has 0 spiro atoms. The molecule has 1 saturated heterocycles. The van der Waals surface area contributed by atoms with E-state index in [1.165, 1.54) is 4.90 Å². The highest BCUT2D eigenvalue weighted by molar-refractivity contribution is 5.94. The number of nitrogens with one attached hydrogen (secondary N) is 1. The van der Waals surface area contributed by atoms with Gasteiger partial charge in [-0.25, -0.2) is 4.98 Å². The molecule has 1 fully saturated rings. The van der Waals surface area contributed by atoms with Gasteiger partial charge in [-0.2, -0.15) is 5.10 Å². The fraction of sp³-hybridized carbons (Fsp3) is 0.174. The van der Waals surface area contributed by atoms with Gasteiger partial charge in [0.2, 0.25) is 0 Å². The van der Waals surface area contributed by atoms with E-state index in [1.807, 2.05) is 18.2 Å². The fourth-order valence-electron chi connectivity index (χ4n) is 3.79. The number of fused-ring (bicyclic) bond motifs is 1. The van der Waals surface area contributed by atoms with E-state index in [9.17, 15) is 20.1 Å². The molecule has 8 heteroatoms. The van der Waals surface area contributed by atoms with Crippen LogP contribution in [0.4, 0.5) is 0 Å². The molecule has 4 N–H and O–H groups in total. The number of pyridine rings is 1. The number of nitrogens with zero attached hydrogens (tertiary/aromatic N) is 3. The van der Waals surface area contributed by atoms with E-state index in [-0.39, 0.29) is 18.8 Å². The van der Waals surface area contributed by atoms with Crippen LogP contribution in [-0.2, 0) is 4.79 Å². The molecule has 8 nitrogen and oxygen atoms in total. The van der Waals surface area contributed by atoms with Gasteiger partial charge in [0.25, 0.3) is 5.91 Å². The van der Waals surface area contributed by atoms with Crippen LogP contribution in [0, 0.1) is 0 Å². The molecule has 156 valence electrons. The lowest BCUT2D eigenvalue weighted by Crippen LogP contribution is -2.54. The largest absolute Gasteiger partial charge is 0.507 e. The molecule has 2 aromatic heterocycles. The van der Waals surface area contributed by atoms with Gasteiger partial charge in [-0.1, -0.05) is 30.3 Å². The minimum atomic E-state index is -1.30. The average molecular weight is 416 g/mol. The zero-order valence-electron chi connectivity index (χ0n) is 16.4.